The Kier molecular flexibility index (Phi) is 5.38. The summed E-state index contributed by atoms with van der Waals surface area (Å²) in [7, 11) is 0. The first-order valence-electron chi connectivity index (χ1n) is 3.61. The van der Waals surface area contributed by atoms with Crippen molar-refractivity contribution in [2.75, 3.05) is 0 Å². The van der Waals surface area contributed by atoms with E-state index in [9.17, 15) is 0 Å². The van der Waals surface area contributed by atoms with Crippen molar-refractivity contribution >= 4 is 0 Å². The molecule has 0 aliphatic heterocycles. The summed E-state index contributed by atoms with van der Waals surface area (Å²) in [6.07, 6.45) is 6.30. The summed E-state index contributed by atoms with van der Waals surface area (Å²) in [5, 5.41) is 0. The van der Waals surface area contributed by atoms with Gasteiger partial charge in [-0.1, -0.05) is 19.9 Å². The number of hydrogen-bond acceptors (Lipinski definition) is 1. The van der Waals surface area contributed by atoms with Crippen LogP contribution in [0.1, 0.15) is 33.6 Å². The maximum absolute atomic E-state index is 5.25. The number of allylic oxidation sites excluding steroid dienone is 1. The molecule has 0 radical (unpaired) electrons. The SMILES string of the molecule is CC/C=C/OC(C)CC. The van der Waals surface area contributed by atoms with Gasteiger partial charge < -0.3 is 4.74 Å². The highest BCUT2D eigenvalue weighted by atomic mass is 16.5. The van der Waals surface area contributed by atoms with Gasteiger partial charge in [0.1, 0.15) is 0 Å². The molecule has 0 saturated heterocycles. The lowest BCUT2D eigenvalue weighted by Gasteiger charge is -2.06. The van der Waals surface area contributed by atoms with Crippen molar-refractivity contribution in [2.45, 2.75) is 39.7 Å². The van der Waals surface area contributed by atoms with E-state index >= 15 is 0 Å². The minimum atomic E-state index is 0.368. The molecule has 1 atom stereocenters. The summed E-state index contributed by atoms with van der Waals surface area (Å²) in [6.45, 7) is 6.28. The molecule has 0 aliphatic carbocycles. The summed E-state index contributed by atoms with van der Waals surface area (Å²) in [4.78, 5) is 0. The molecular formula is C8H16O. The normalized spacial score (nSPS) is 14.1. The third kappa shape index (κ3) is 5.41. The van der Waals surface area contributed by atoms with Gasteiger partial charge in [-0.15, -0.1) is 0 Å². The van der Waals surface area contributed by atoms with Crippen molar-refractivity contribution in [1.82, 2.24) is 0 Å². The second kappa shape index (κ2) is 5.67. The van der Waals surface area contributed by atoms with Crippen LogP contribution >= 0.6 is 0 Å². The van der Waals surface area contributed by atoms with Gasteiger partial charge in [0.2, 0.25) is 0 Å². The Morgan fingerprint density at radius 2 is 2.11 bits per heavy atom. The zero-order valence-electron chi connectivity index (χ0n) is 6.55. The third-order valence-corrected chi connectivity index (χ3v) is 1.22. The van der Waals surface area contributed by atoms with Gasteiger partial charge in [-0.05, 0) is 19.8 Å². The molecule has 0 aliphatic rings. The predicted molar refractivity (Wildman–Crippen MR) is 40.3 cm³/mol. The molecule has 0 aromatic rings. The maximum atomic E-state index is 5.25. The highest BCUT2D eigenvalue weighted by Crippen LogP contribution is 1.95. The highest BCUT2D eigenvalue weighted by molar-refractivity contribution is 4.71. The molecule has 0 aromatic heterocycles. The van der Waals surface area contributed by atoms with E-state index in [0.717, 1.165) is 12.8 Å². The van der Waals surface area contributed by atoms with E-state index in [4.69, 9.17) is 4.74 Å². The van der Waals surface area contributed by atoms with E-state index in [0.29, 0.717) is 6.10 Å². The quantitative estimate of drug-likeness (QED) is 0.529. The predicted octanol–water partition coefficient (Wildman–Crippen LogP) is 2.73. The van der Waals surface area contributed by atoms with Crippen LogP contribution in [0.5, 0.6) is 0 Å². The molecule has 1 heteroatoms. The van der Waals surface area contributed by atoms with Crippen LogP contribution in [0.4, 0.5) is 0 Å². The van der Waals surface area contributed by atoms with Crippen LogP contribution in [0.2, 0.25) is 0 Å². The summed E-state index contributed by atoms with van der Waals surface area (Å²) in [5.74, 6) is 0. The first kappa shape index (κ1) is 8.54. The Morgan fingerprint density at radius 1 is 1.44 bits per heavy atom. The molecule has 0 N–H and O–H groups in total. The highest BCUT2D eigenvalue weighted by Gasteiger charge is 1.91. The zero-order valence-corrected chi connectivity index (χ0v) is 6.55. The van der Waals surface area contributed by atoms with Crippen molar-refractivity contribution in [2.24, 2.45) is 0 Å². The van der Waals surface area contributed by atoms with Crippen LogP contribution in [-0.2, 0) is 4.74 Å². The molecule has 1 unspecified atom stereocenters. The van der Waals surface area contributed by atoms with E-state index < -0.39 is 0 Å². The van der Waals surface area contributed by atoms with E-state index in [1.165, 1.54) is 0 Å². The molecule has 0 amide bonds. The Hall–Kier alpha value is -0.460. The van der Waals surface area contributed by atoms with E-state index in [1.54, 1.807) is 6.26 Å². The molecule has 0 heterocycles. The van der Waals surface area contributed by atoms with Crippen molar-refractivity contribution in [3.8, 4) is 0 Å². The van der Waals surface area contributed by atoms with Gasteiger partial charge in [-0.25, -0.2) is 0 Å². The minimum Gasteiger partial charge on any atom is -0.499 e. The standard InChI is InChI=1S/C8H16O/c1-4-6-7-9-8(3)5-2/h6-8H,4-5H2,1-3H3/b7-6+. The summed E-state index contributed by atoms with van der Waals surface area (Å²) in [6, 6.07) is 0. The molecule has 0 rings (SSSR count). The molecule has 1 nitrogen and oxygen atoms in total. The van der Waals surface area contributed by atoms with Crippen molar-refractivity contribution in [3.05, 3.63) is 12.3 Å². The second-order valence-corrected chi connectivity index (χ2v) is 2.13. The number of ether oxygens (including phenoxy) is 1. The molecule has 0 fully saturated rings. The molecule has 0 bridgehead atoms. The molecule has 9 heavy (non-hydrogen) atoms. The number of rotatable bonds is 4. The maximum Gasteiger partial charge on any atom is 0.0947 e. The smallest absolute Gasteiger partial charge is 0.0947 e. The average molecular weight is 128 g/mol. The van der Waals surface area contributed by atoms with Crippen LogP contribution in [0.25, 0.3) is 0 Å². The topological polar surface area (TPSA) is 9.23 Å². The summed E-state index contributed by atoms with van der Waals surface area (Å²) in [5.41, 5.74) is 0. The van der Waals surface area contributed by atoms with Crippen LogP contribution < -0.4 is 0 Å². The minimum absolute atomic E-state index is 0.368. The van der Waals surface area contributed by atoms with E-state index in [2.05, 4.69) is 20.8 Å². The van der Waals surface area contributed by atoms with E-state index in [-0.39, 0.29) is 0 Å². The van der Waals surface area contributed by atoms with Crippen LogP contribution in [0, 0.1) is 0 Å². The Bertz CT molecular complexity index is 76.6. The van der Waals surface area contributed by atoms with Gasteiger partial charge in [0, 0.05) is 0 Å². The Balaban J connectivity index is 3.15. The molecule has 0 aromatic carbocycles. The summed E-state index contributed by atoms with van der Waals surface area (Å²) < 4.78 is 5.25. The van der Waals surface area contributed by atoms with Crippen molar-refractivity contribution < 1.29 is 4.74 Å². The van der Waals surface area contributed by atoms with Gasteiger partial charge in [-0.2, -0.15) is 0 Å². The van der Waals surface area contributed by atoms with E-state index in [1.807, 2.05) is 6.08 Å². The van der Waals surface area contributed by atoms with Crippen molar-refractivity contribution in [1.29, 1.82) is 0 Å². The molecule has 0 spiro atoms. The van der Waals surface area contributed by atoms with Crippen molar-refractivity contribution in [3.63, 3.8) is 0 Å². The zero-order chi connectivity index (χ0) is 7.11. The second-order valence-electron chi connectivity index (χ2n) is 2.13. The first-order chi connectivity index (χ1) is 4.31. The molecular weight excluding hydrogens is 112 g/mol. The lowest BCUT2D eigenvalue weighted by molar-refractivity contribution is 0.157. The van der Waals surface area contributed by atoms with Gasteiger partial charge in [0.25, 0.3) is 0 Å². The largest absolute Gasteiger partial charge is 0.499 e. The number of hydrogen-bond donors (Lipinski definition) is 0. The fourth-order valence-corrected chi connectivity index (χ4v) is 0.382. The summed E-state index contributed by atoms with van der Waals surface area (Å²) >= 11 is 0. The lowest BCUT2D eigenvalue weighted by Crippen LogP contribution is -1.99. The fraction of sp³-hybridized carbons (Fsp3) is 0.750. The molecule has 54 valence electrons. The van der Waals surface area contributed by atoms with Crippen LogP contribution in [-0.4, -0.2) is 6.10 Å². The average Bonchev–Trinajstić information content (AvgIpc) is 1.89. The third-order valence-electron chi connectivity index (χ3n) is 1.22. The van der Waals surface area contributed by atoms with Gasteiger partial charge in [0.15, 0.2) is 0 Å². The first-order valence-corrected chi connectivity index (χ1v) is 3.61. The lowest BCUT2D eigenvalue weighted by atomic mass is 10.3. The Labute approximate surface area is 57.7 Å². The van der Waals surface area contributed by atoms with Gasteiger partial charge >= 0.3 is 0 Å². The molecule has 0 saturated carbocycles. The van der Waals surface area contributed by atoms with Crippen LogP contribution in [0.15, 0.2) is 12.3 Å². The monoisotopic (exact) mass is 128 g/mol. The Morgan fingerprint density at radius 3 is 2.56 bits per heavy atom. The van der Waals surface area contributed by atoms with Gasteiger partial charge in [0.05, 0.1) is 12.4 Å². The fourth-order valence-electron chi connectivity index (χ4n) is 0.382. The van der Waals surface area contributed by atoms with Gasteiger partial charge in [-0.3, -0.25) is 0 Å². The van der Waals surface area contributed by atoms with Crippen LogP contribution in [0.3, 0.4) is 0 Å².